The normalized spacial score (nSPS) is 16.2. The molecule has 1 aliphatic rings. The summed E-state index contributed by atoms with van der Waals surface area (Å²) in [6.45, 7) is 1.33. The Kier molecular flexibility index (Phi) is 14.2. The molecule has 262 valence electrons. The molecule has 0 saturated carbocycles. The Morgan fingerprint density at radius 2 is 0.833 bits per heavy atom. The van der Waals surface area contributed by atoms with Crippen molar-refractivity contribution >= 4 is 56.9 Å². The molecular weight excluding hydrogens is 652 g/mol. The van der Waals surface area contributed by atoms with Crippen LogP contribution < -0.4 is 21.1 Å². The fourth-order valence-electron chi connectivity index (χ4n) is 4.85. The molecule has 1 fully saturated rings. The Bertz CT molecular complexity index is 1510. The number of aliphatic carboxylic acids is 3. The number of hydrogen-bond donors (Lipinski definition) is 7. The highest BCUT2D eigenvalue weighted by molar-refractivity contribution is 7.89. The summed E-state index contributed by atoms with van der Waals surface area (Å²) in [7, 11) is -3.86. The van der Waals surface area contributed by atoms with E-state index in [1.165, 1.54) is 24.3 Å². The van der Waals surface area contributed by atoms with E-state index in [0.29, 0.717) is 30.2 Å². The topological polar surface area (TPSA) is 255 Å². The maximum atomic E-state index is 13.0. The first-order valence-corrected chi connectivity index (χ1v) is 16.4. The number of anilines is 3. The molecule has 0 aliphatic carbocycles. The van der Waals surface area contributed by atoms with Crippen molar-refractivity contribution in [2.75, 3.05) is 94.5 Å². The lowest BCUT2D eigenvalue weighted by molar-refractivity contribution is -0.140. The van der Waals surface area contributed by atoms with Gasteiger partial charge in [0.2, 0.25) is 15.9 Å². The number of carboxylic acid groups (broad SMARTS) is 3. The molecular formula is C29H40N8O10S. The molecule has 1 aliphatic heterocycles. The number of nitrogens with two attached hydrogens (primary N) is 1. The number of hydrogen-bond acceptors (Lipinski definition) is 11. The maximum absolute atomic E-state index is 13.0. The number of urea groups is 1. The lowest BCUT2D eigenvalue weighted by Crippen LogP contribution is -2.49. The maximum Gasteiger partial charge on any atom is 0.323 e. The van der Waals surface area contributed by atoms with Gasteiger partial charge in [0.15, 0.2) is 0 Å². The van der Waals surface area contributed by atoms with Crippen LogP contribution in [0.15, 0.2) is 53.4 Å². The number of carboxylic acids is 3. The van der Waals surface area contributed by atoms with Gasteiger partial charge < -0.3 is 31.3 Å². The van der Waals surface area contributed by atoms with Crippen LogP contribution in [0.1, 0.15) is 0 Å². The fourth-order valence-corrected chi connectivity index (χ4v) is 5.36. The number of benzene rings is 2. The van der Waals surface area contributed by atoms with Gasteiger partial charge >= 0.3 is 23.9 Å². The summed E-state index contributed by atoms with van der Waals surface area (Å²) in [5.74, 6) is -3.50. The first kappa shape index (κ1) is 37.8. The minimum absolute atomic E-state index is 0.0698. The number of primary sulfonamides is 1. The molecule has 2 aromatic rings. The molecule has 0 bridgehead atoms. The summed E-state index contributed by atoms with van der Waals surface area (Å²) < 4.78 is 22.8. The molecule has 48 heavy (non-hydrogen) atoms. The van der Waals surface area contributed by atoms with Gasteiger partial charge in [-0.15, -0.1) is 0 Å². The van der Waals surface area contributed by atoms with Gasteiger partial charge in [0.1, 0.15) is 0 Å². The molecule has 2 aromatic carbocycles. The van der Waals surface area contributed by atoms with Crippen molar-refractivity contribution in [1.29, 1.82) is 0 Å². The Hall–Kier alpha value is -4.66. The van der Waals surface area contributed by atoms with Crippen LogP contribution in [0.5, 0.6) is 0 Å². The molecule has 0 aromatic heterocycles. The van der Waals surface area contributed by atoms with Crippen LogP contribution in [-0.4, -0.2) is 152 Å². The van der Waals surface area contributed by atoms with E-state index in [1.54, 1.807) is 43.9 Å². The van der Waals surface area contributed by atoms with Crippen molar-refractivity contribution in [2.24, 2.45) is 5.14 Å². The SMILES string of the molecule is NS(=O)(=O)c1ccc(NC(=O)Nc2ccc(NC(=O)CN3CCN(CC(=O)O)CCN(CC(=O)O)CCN(CC(=O)O)CC3)cc2)cc1. The van der Waals surface area contributed by atoms with Crippen LogP contribution in [0.25, 0.3) is 0 Å². The molecule has 0 spiro atoms. The van der Waals surface area contributed by atoms with E-state index < -0.39 is 34.0 Å². The lowest BCUT2D eigenvalue weighted by Gasteiger charge is -2.32. The van der Waals surface area contributed by atoms with Crippen LogP contribution in [0.2, 0.25) is 0 Å². The number of sulfonamides is 1. The molecule has 0 unspecified atom stereocenters. The quantitative estimate of drug-likeness (QED) is 0.147. The molecule has 1 saturated heterocycles. The van der Waals surface area contributed by atoms with Gasteiger partial charge in [-0.2, -0.15) is 0 Å². The van der Waals surface area contributed by atoms with E-state index in [4.69, 9.17) is 5.14 Å². The van der Waals surface area contributed by atoms with Gasteiger partial charge in [-0.25, -0.2) is 18.4 Å². The van der Waals surface area contributed by atoms with Gasteiger partial charge in [-0.05, 0) is 48.5 Å². The van der Waals surface area contributed by atoms with E-state index in [1.807, 2.05) is 0 Å². The van der Waals surface area contributed by atoms with E-state index in [0.717, 1.165) is 0 Å². The predicted molar refractivity (Wildman–Crippen MR) is 174 cm³/mol. The van der Waals surface area contributed by atoms with Crippen molar-refractivity contribution in [2.45, 2.75) is 4.90 Å². The summed E-state index contributed by atoms with van der Waals surface area (Å²) in [6.07, 6.45) is 0. The first-order valence-electron chi connectivity index (χ1n) is 14.8. The average molecular weight is 693 g/mol. The van der Waals surface area contributed by atoms with Gasteiger partial charge in [-0.3, -0.25) is 38.8 Å². The zero-order chi connectivity index (χ0) is 35.3. The van der Waals surface area contributed by atoms with Gasteiger partial charge in [-0.1, -0.05) is 0 Å². The highest BCUT2D eigenvalue weighted by Crippen LogP contribution is 2.16. The van der Waals surface area contributed by atoms with Gasteiger partial charge in [0.25, 0.3) is 0 Å². The highest BCUT2D eigenvalue weighted by Gasteiger charge is 2.21. The minimum atomic E-state index is -3.86. The van der Waals surface area contributed by atoms with Crippen LogP contribution in [0.4, 0.5) is 21.9 Å². The molecule has 0 atom stereocenters. The van der Waals surface area contributed by atoms with E-state index >= 15 is 0 Å². The summed E-state index contributed by atoms with van der Waals surface area (Å²) in [5, 5.41) is 41.1. The fraction of sp³-hybridized carbons (Fsp3) is 0.414. The molecule has 0 radical (unpaired) electrons. The van der Waals surface area contributed by atoms with Crippen molar-refractivity contribution in [3.05, 3.63) is 48.5 Å². The molecule has 1 heterocycles. The number of nitrogens with zero attached hydrogens (tertiary/aromatic N) is 4. The summed E-state index contributed by atoms with van der Waals surface area (Å²) in [6, 6.07) is 11.0. The van der Waals surface area contributed by atoms with Crippen molar-refractivity contribution in [3.63, 3.8) is 0 Å². The van der Waals surface area contributed by atoms with Crippen LogP contribution in [0, 0.1) is 0 Å². The van der Waals surface area contributed by atoms with Crippen LogP contribution in [-0.2, 0) is 29.2 Å². The lowest BCUT2D eigenvalue weighted by atomic mass is 10.2. The highest BCUT2D eigenvalue weighted by atomic mass is 32.2. The number of carbonyl (C=O) groups excluding carboxylic acids is 2. The predicted octanol–water partition coefficient (Wildman–Crippen LogP) is -0.608. The Labute approximate surface area is 277 Å². The number of amides is 3. The summed E-state index contributed by atoms with van der Waals surface area (Å²) in [4.78, 5) is 66.4. The standard InChI is InChI=1S/C29H40N8O10S/c30-48(46,47)24-7-5-23(6-8-24)33-29(45)32-22-3-1-21(2-4-22)31-25(38)17-34-9-11-35(18-26(39)40)13-15-37(20-28(43)44)16-14-36(12-10-34)19-27(41)42/h1-8H,9-20H2,(H,31,38)(H,39,40)(H,41,42)(H,43,44)(H2,30,46,47)(H2,32,33,45). The number of rotatable bonds is 12. The van der Waals surface area contributed by atoms with E-state index in [-0.39, 0.29) is 76.3 Å². The zero-order valence-electron chi connectivity index (χ0n) is 26.1. The third-order valence-electron chi connectivity index (χ3n) is 7.24. The molecule has 8 N–H and O–H groups in total. The van der Waals surface area contributed by atoms with Crippen molar-refractivity contribution in [1.82, 2.24) is 19.6 Å². The Morgan fingerprint density at radius 1 is 0.542 bits per heavy atom. The Morgan fingerprint density at radius 3 is 1.15 bits per heavy atom. The molecule has 18 nitrogen and oxygen atoms in total. The Balaban J connectivity index is 1.60. The second-order valence-corrected chi connectivity index (χ2v) is 12.6. The molecule has 3 rings (SSSR count). The molecule has 19 heteroatoms. The van der Waals surface area contributed by atoms with E-state index in [2.05, 4.69) is 16.0 Å². The second-order valence-electron chi connectivity index (χ2n) is 11.1. The van der Waals surface area contributed by atoms with Crippen LogP contribution >= 0.6 is 0 Å². The van der Waals surface area contributed by atoms with Crippen LogP contribution in [0.3, 0.4) is 0 Å². The number of carbonyl (C=O) groups is 5. The van der Waals surface area contributed by atoms with Crippen molar-refractivity contribution < 1.29 is 47.7 Å². The number of nitrogens with one attached hydrogen (secondary N) is 3. The van der Waals surface area contributed by atoms with Gasteiger partial charge in [0, 0.05) is 69.4 Å². The minimum Gasteiger partial charge on any atom is -0.480 e. The molecule has 3 amide bonds. The third-order valence-corrected chi connectivity index (χ3v) is 8.17. The smallest absolute Gasteiger partial charge is 0.323 e. The largest absolute Gasteiger partial charge is 0.480 e. The van der Waals surface area contributed by atoms with Gasteiger partial charge in [0.05, 0.1) is 31.1 Å². The average Bonchev–Trinajstić information content (AvgIpc) is 2.98. The summed E-state index contributed by atoms with van der Waals surface area (Å²) >= 11 is 0. The first-order chi connectivity index (χ1) is 22.7. The monoisotopic (exact) mass is 692 g/mol. The van der Waals surface area contributed by atoms with Crippen molar-refractivity contribution in [3.8, 4) is 0 Å². The second kappa shape index (κ2) is 18.0. The third kappa shape index (κ3) is 14.0. The van der Waals surface area contributed by atoms with E-state index in [9.17, 15) is 47.7 Å². The zero-order valence-corrected chi connectivity index (χ0v) is 26.9. The summed E-state index contributed by atoms with van der Waals surface area (Å²) in [5.41, 5.74) is 1.19.